The van der Waals surface area contributed by atoms with Gasteiger partial charge in [0.15, 0.2) is 11.6 Å². The van der Waals surface area contributed by atoms with Gasteiger partial charge in [0.25, 0.3) is 0 Å². The van der Waals surface area contributed by atoms with Gasteiger partial charge in [-0.25, -0.2) is 13.8 Å². The number of rotatable bonds is 4. The lowest BCUT2D eigenvalue weighted by Gasteiger charge is -2.31. The van der Waals surface area contributed by atoms with E-state index in [1.165, 1.54) is 24.3 Å². The van der Waals surface area contributed by atoms with Crippen LogP contribution in [0.2, 0.25) is 0 Å². The van der Waals surface area contributed by atoms with Crippen LogP contribution in [-0.4, -0.2) is 48.5 Å². The SMILES string of the molecule is CC1(C)C[S+]([O-])Cc2c(c(F)cc3[nH]ccc23)Oc2ccc(F)c(c2)-c2ncc([nH]2)C(C)(c2cccc(CCC(=O)O)c2)CCCO1. The van der Waals surface area contributed by atoms with Crippen molar-refractivity contribution < 1.29 is 32.7 Å². The van der Waals surface area contributed by atoms with Gasteiger partial charge in [0.05, 0.1) is 11.1 Å². The molecular weight excluding hydrogens is 624 g/mol. The van der Waals surface area contributed by atoms with Crippen LogP contribution in [0.3, 0.4) is 0 Å². The van der Waals surface area contributed by atoms with Crippen LogP contribution in [0.5, 0.6) is 11.5 Å². The summed E-state index contributed by atoms with van der Waals surface area (Å²) in [6.45, 7) is 6.23. The molecule has 0 fully saturated rings. The van der Waals surface area contributed by atoms with E-state index in [0.717, 1.165) is 16.8 Å². The van der Waals surface area contributed by atoms with Crippen molar-refractivity contribution in [2.75, 3.05) is 12.4 Å². The molecule has 8 nitrogen and oxygen atoms in total. The molecule has 47 heavy (non-hydrogen) atoms. The first-order valence-corrected chi connectivity index (χ1v) is 17.0. The molecule has 6 rings (SSSR count). The number of aryl methyl sites for hydroxylation is 1. The maximum Gasteiger partial charge on any atom is 0.303 e. The normalized spacial score (nSPS) is 20.2. The Kier molecular flexibility index (Phi) is 9.15. The predicted octanol–water partition coefficient (Wildman–Crippen LogP) is 7.79. The van der Waals surface area contributed by atoms with Crippen LogP contribution >= 0.6 is 0 Å². The van der Waals surface area contributed by atoms with Gasteiger partial charge < -0.3 is 29.1 Å². The van der Waals surface area contributed by atoms with Gasteiger partial charge in [0.1, 0.15) is 34.5 Å². The Hall–Kier alpha value is -4.19. The number of imidazole rings is 1. The van der Waals surface area contributed by atoms with E-state index in [1.807, 2.05) is 38.1 Å². The summed E-state index contributed by atoms with van der Waals surface area (Å²) in [6, 6.07) is 15.1. The van der Waals surface area contributed by atoms with Crippen molar-refractivity contribution in [3.05, 3.63) is 101 Å². The maximum atomic E-state index is 15.6. The number of ether oxygens (including phenoxy) is 2. The van der Waals surface area contributed by atoms with E-state index in [4.69, 9.17) is 9.47 Å². The summed E-state index contributed by atoms with van der Waals surface area (Å²) in [7, 11) is 0. The summed E-state index contributed by atoms with van der Waals surface area (Å²) in [6.07, 6.45) is 5.04. The summed E-state index contributed by atoms with van der Waals surface area (Å²) in [4.78, 5) is 22.2. The standard InChI is InChI=1S/C36H37F2N3O5S/c1-35(2)21-47(44)20-27-25-12-14-39-30(25)18-29(38)33(27)46-24-9-10-28(37)26(17-24)34-40-19-31(41-34)36(3,13-5-15-45-35)23-7-4-6-22(16-23)8-11-32(42)43/h4,6-7,9-10,12,14,16-19,39H,5,8,11,13,15,20-21H2,1-3H3,(H,40,41)(H,42,43). The molecule has 4 bridgehead atoms. The maximum absolute atomic E-state index is 15.6. The molecule has 11 heteroatoms. The molecule has 5 aromatic rings. The number of aliphatic carboxylic acids is 1. The number of hydrogen-bond donors (Lipinski definition) is 3. The van der Waals surface area contributed by atoms with Crippen LogP contribution in [0.4, 0.5) is 8.78 Å². The van der Waals surface area contributed by atoms with Gasteiger partial charge in [-0.05, 0) is 86.6 Å². The topological polar surface area (TPSA) is 123 Å². The summed E-state index contributed by atoms with van der Waals surface area (Å²) in [5, 5.41) is 9.91. The first-order valence-electron chi connectivity index (χ1n) is 15.5. The second-order valence-corrected chi connectivity index (χ2v) is 14.3. The minimum absolute atomic E-state index is 0.0147. The van der Waals surface area contributed by atoms with Crippen molar-refractivity contribution in [3.63, 3.8) is 0 Å². The number of carbonyl (C=O) groups is 1. The van der Waals surface area contributed by atoms with E-state index in [0.29, 0.717) is 42.3 Å². The van der Waals surface area contributed by atoms with Crippen LogP contribution < -0.4 is 4.74 Å². The van der Waals surface area contributed by atoms with Gasteiger partial charge in [-0.15, -0.1) is 0 Å². The van der Waals surface area contributed by atoms with Crippen molar-refractivity contribution in [1.29, 1.82) is 0 Å². The lowest BCUT2D eigenvalue weighted by Crippen LogP contribution is -2.35. The lowest BCUT2D eigenvalue weighted by molar-refractivity contribution is -0.136. The van der Waals surface area contributed by atoms with Crippen molar-refractivity contribution in [2.45, 2.75) is 63.2 Å². The molecular formula is C36H37F2N3O5S. The largest absolute Gasteiger partial charge is 0.616 e. The van der Waals surface area contributed by atoms with Gasteiger partial charge >= 0.3 is 5.97 Å². The number of nitrogens with one attached hydrogen (secondary N) is 2. The number of carboxylic acid groups (broad SMARTS) is 1. The first kappa shape index (κ1) is 32.7. The van der Waals surface area contributed by atoms with Gasteiger partial charge in [0.2, 0.25) is 0 Å². The molecule has 0 amide bonds. The molecule has 246 valence electrons. The Bertz CT molecular complexity index is 1920. The summed E-state index contributed by atoms with van der Waals surface area (Å²) < 4.78 is 56.9. The highest BCUT2D eigenvalue weighted by molar-refractivity contribution is 7.90. The molecule has 3 N–H and O–H groups in total. The molecule has 0 saturated carbocycles. The number of hydrogen-bond acceptors (Lipinski definition) is 5. The molecule has 2 atom stereocenters. The average Bonchev–Trinajstić information content (AvgIpc) is 3.71. The van der Waals surface area contributed by atoms with Crippen LogP contribution in [0.25, 0.3) is 22.3 Å². The summed E-state index contributed by atoms with van der Waals surface area (Å²) >= 11 is -1.44. The van der Waals surface area contributed by atoms with Gasteiger partial charge in [0, 0.05) is 53.5 Å². The number of fused-ring (bicyclic) bond motifs is 8. The molecule has 1 aliphatic rings. The Morgan fingerprint density at radius 2 is 1.94 bits per heavy atom. The summed E-state index contributed by atoms with van der Waals surface area (Å²) in [5.74, 6) is -1.40. The molecule has 0 saturated heterocycles. The molecule has 0 spiro atoms. The van der Waals surface area contributed by atoms with Gasteiger partial charge in [-0.2, -0.15) is 0 Å². The fraction of sp³-hybridized carbons (Fsp3) is 0.333. The smallest absolute Gasteiger partial charge is 0.303 e. The molecule has 3 heterocycles. The number of aromatic nitrogens is 3. The highest BCUT2D eigenvalue weighted by Gasteiger charge is 2.33. The zero-order valence-electron chi connectivity index (χ0n) is 26.5. The Morgan fingerprint density at radius 3 is 2.74 bits per heavy atom. The Labute approximate surface area is 274 Å². The van der Waals surface area contributed by atoms with E-state index in [2.05, 4.69) is 21.9 Å². The molecule has 3 aromatic carbocycles. The van der Waals surface area contributed by atoms with Crippen LogP contribution in [0.1, 0.15) is 62.4 Å². The monoisotopic (exact) mass is 661 g/mol. The third-order valence-electron chi connectivity index (χ3n) is 8.77. The highest BCUT2D eigenvalue weighted by atomic mass is 32.2. The number of halogens is 2. The number of nitrogens with zero attached hydrogens (tertiary/aromatic N) is 1. The molecule has 0 radical (unpaired) electrons. The van der Waals surface area contributed by atoms with Gasteiger partial charge in [-0.1, -0.05) is 24.3 Å². The zero-order chi connectivity index (χ0) is 33.3. The second kappa shape index (κ2) is 13.1. The fourth-order valence-corrected chi connectivity index (χ4v) is 7.82. The van der Waals surface area contributed by atoms with E-state index >= 15 is 8.78 Å². The number of aromatic amines is 2. The number of benzene rings is 3. The molecule has 1 aliphatic heterocycles. The zero-order valence-corrected chi connectivity index (χ0v) is 27.3. The number of H-pyrrole nitrogens is 2. The van der Waals surface area contributed by atoms with E-state index < -0.39 is 39.8 Å². The molecule has 2 unspecified atom stereocenters. The third-order valence-corrected chi connectivity index (χ3v) is 10.4. The van der Waals surface area contributed by atoms with Crippen molar-refractivity contribution in [2.24, 2.45) is 0 Å². The van der Waals surface area contributed by atoms with Crippen LogP contribution in [0, 0.1) is 11.6 Å². The first-order chi connectivity index (χ1) is 22.4. The minimum Gasteiger partial charge on any atom is -0.616 e. The van der Waals surface area contributed by atoms with Crippen LogP contribution in [0.15, 0.2) is 67.0 Å². The Balaban J connectivity index is 1.44. The Morgan fingerprint density at radius 1 is 1.11 bits per heavy atom. The fourth-order valence-electron chi connectivity index (χ4n) is 6.25. The van der Waals surface area contributed by atoms with Crippen molar-refractivity contribution in [3.8, 4) is 22.9 Å². The summed E-state index contributed by atoms with van der Waals surface area (Å²) in [5.41, 5.74) is 2.37. The van der Waals surface area contributed by atoms with Crippen molar-refractivity contribution in [1.82, 2.24) is 15.0 Å². The van der Waals surface area contributed by atoms with E-state index in [1.54, 1.807) is 18.5 Å². The van der Waals surface area contributed by atoms with Gasteiger partial charge in [-0.3, -0.25) is 4.79 Å². The quantitative estimate of drug-likeness (QED) is 0.169. The highest BCUT2D eigenvalue weighted by Crippen LogP contribution is 2.40. The van der Waals surface area contributed by atoms with E-state index in [-0.39, 0.29) is 40.8 Å². The molecule has 2 aromatic heterocycles. The second-order valence-electron chi connectivity index (χ2n) is 12.9. The minimum atomic E-state index is -1.44. The number of carboxylic acids is 1. The predicted molar refractivity (Wildman–Crippen MR) is 177 cm³/mol. The third kappa shape index (κ3) is 7.07. The van der Waals surface area contributed by atoms with Crippen LogP contribution in [-0.2, 0) is 38.3 Å². The lowest BCUT2D eigenvalue weighted by atomic mass is 9.75. The molecule has 0 aliphatic carbocycles. The van der Waals surface area contributed by atoms with E-state index in [9.17, 15) is 14.5 Å². The average molecular weight is 662 g/mol. The van der Waals surface area contributed by atoms with Crippen molar-refractivity contribution >= 4 is 28.0 Å².